The largest absolute Gasteiger partial charge is 0.477 e. The van der Waals surface area contributed by atoms with Crippen LogP contribution in [0.5, 0.6) is 0 Å². The Bertz CT molecular complexity index is 566. The predicted molar refractivity (Wildman–Crippen MR) is 64.3 cm³/mol. The molecule has 100 valence electrons. The van der Waals surface area contributed by atoms with Crippen LogP contribution >= 0.6 is 0 Å². The molecule has 0 fully saturated rings. The van der Waals surface area contributed by atoms with Crippen LogP contribution in [0.2, 0.25) is 0 Å². The highest BCUT2D eigenvalue weighted by molar-refractivity contribution is 6.12. The minimum atomic E-state index is -1.54. The van der Waals surface area contributed by atoms with Crippen LogP contribution in [0.3, 0.4) is 0 Å². The van der Waals surface area contributed by atoms with Crippen molar-refractivity contribution in [3.8, 4) is 0 Å². The van der Waals surface area contributed by atoms with E-state index in [1.807, 2.05) is 5.48 Å². The van der Waals surface area contributed by atoms with Gasteiger partial charge >= 0.3 is 11.9 Å². The normalized spacial score (nSPS) is 9.53. The number of aliphatic carboxylic acids is 1. The zero-order valence-electron chi connectivity index (χ0n) is 9.87. The van der Waals surface area contributed by atoms with Crippen molar-refractivity contribution >= 4 is 23.3 Å². The van der Waals surface area contributed by atoms with E-state index in [9.17, 15) is 19.7 Å². The minimum absolute atomic E-state index is 0.0675. The molecule has 0 saturated heterocycles. The van der Waals surface area contributed by atoms with Crippen LogP contribution in [0, 0.1) is 17.0 Å². The van der Waals surface area contributed by atoms with Crippen molar-refractivity contribution in [1.82, 2.24) is 0 Å². The summed E-state index contributed by atoms with van der Waals surface area (Å²) >= 11 is 0. The molecule has 0 aliphatic rings. The number of carboxylic acid groups (broad SMARTS) is 1. The monoisotopic (exact) mass is 266 g/mol. The number of nitrogens with zero attached hydrogens (tertiary/aromatic N) is 1. The molecule has 8 nitrogen and oxygen atoms in total. The number of benzene rings is 1. The number of aryl methyl sites for hydroxylation is 1. The highest BCUT2D eigenvalue weighted by atomic mass is 16.7. The number of carbonyl (C=O) groups excluding carboxylic acids is 1. The van der Waals surface area contributed by atoms with E-state index >= 15 is 0 Å². The Morgan fingerprint density at radius 2 is 2.11 bits per heavy atom. The van der Waals surface area contributed by atoms with Gasteiger partial charge in [0.2, 0.25) is 0 Å². The van der Waals surface area contributed by atoms with E-state index in [4.69, 9.17) is 5.11 Å². The lowest BCUT2D eigenvalue weighted by atomic mass is 10.2. The fourth-order valence-corrected chi connectivity index (χ4v) is 1.13. The third-order valence-corrected chi connectivity index (χ3v) is 2.11. The van der Waals surface area contributed by atoms with Crippen LogP contribution < -0.4 is 5.48 Å². The maximum Gasteiger partial charge on any atom is 0.369 e. The summed E-state index contributed by atoms with van der Waals surface area (Å²) in [4.78, 5) is 36.1. The first kappa shape index (κ1) is 14.2. The number of carboxylic acids is 1. The predicted octanol–water partition coefficient (Wildman–Crippen LogP) is 1.41. The van der Waals surface area contributed by atoms with E-state index in [2.05, 4.69) is 11.4 Å². The van der Waals surface area contributed by atoms with Crippen LogP contribution in [-0.4, -0.2) is 22.0 Å². The van der Waals surface area contributed by atoms with E-state index < -0.39 is 22.4 Å². The Morgan fingerprint density at radius 3 is 2.63 bits per heavy atom. The molecule has 0 aliphatic heterocycles. The molecule has 0 aromatic heterocycles. The molecule has 0 spiro atoms. The maximum atomic E-state index is 11.2. The summed E-state index contributed by atoms with van der Waals surface area (Å²) < 4.78 is 0. The van der Waals surface area contributed by atoms with E-state index in [0.29, 0.717) is 5.56 Å². The molecule has 1 rings (SSSR count). The second kappa shape index (κ2) is 5.63. The van der Waals surface area contributed by atoms with Crippen LogP contribution in [0.4, 0.5) is 11.4 Å². The molecule has 0 radical (unpaired) electrons. The van der Waals surface area contributed by atoms with Crippen LogP contribution in [-0.2, 0) is 14.4 Å². The Labute approximate surface area is 107 Å². The fraction of sp³-hybridized carbons (Fsp3) is 0.0909. The Hall–Kier alpha value is -2.90. The molecule has 0 heterocycles. The van der Waals surface area contributed by atoms with Crippen molar-refractivity contribution in [2.75, 3.05) is 5.48 Å². The number of hydrogen-bond donors (Lipinski definition) is 2. The number of nitro groups is 1. The van der Waals surface area contributed by atoms with Crippen LogP contribution in [0.1, 0.15) is 5.56 Å². The molecule has 19 heavy (non-hydrogen) atoms. The SMILES string of the molecule is C=C(C(=O)O)C(=O)ONc1ccc(C)cc1[N+](=O)[O-]. The van der Waals surface area contributed by atoms with Crippen molar-refractivity contribution in [2.24, 2.45) is 0 Å². The molecule has 1 aromatic carbocycles. The first-order valence-corrected chi connectivity index (χ1v) is 4.97. The van der Waals surface area contributed by atoms with E-state index in [1.54, 1.807) is 13.0 Å². The van der Waals surface area contributed by atoms with Crippen molar-refractivity contribution in [3.05, 3.63) is 46.0 Å². The van der Waals surface area contributed by atoms with E-state index in [0.717, 1.165) is 0 Å². The quantitative estimate of drug-likeness (QED) is 0.272. The van der Waals surface area contributed by atoms with Gasteiger partial charge in [0.15, 0.2) is 0 Å². The summed E-state index contributed by atoms with van der Waals surface area (Å²) in [5.74, 6) is -2.77. The van der Waals surface area contributed by atoms with E-state index in [1.165, 1.54) is 12.1 Å². The van der Waals surface area contributed by atoms with Gasteiger partial charge in [0.05, 0.1) is 4.92 Å². The zero-order chi connectivity index (χ0) is 14.6. The molecule has 1 aromatic rings. The van der Waals surface area contributed by atoms with Crippen molar-refractivity contribution in [2.45, 2.75) is 6.92 Å². The van der Waals surface area contributed by atoms with Gasteiger partial charge in [-0.05, 0) is 18.6 Å². The van der Waals surface area contributed by atoms with Crippen molar-refractivity contribution in [1.29, 1.82) is 0 Å². The molecule has 0 saturated carbocycles. The molecule has 0 amide bonds. The lowest BCUT2D eigenvalue weighted by Crippen LogP contribution is -2.17. The fourth-order valence-electron chi connectivity index (χ4n) is 1.13. The average Bonchev–Trinajstić information content (AvgIpc) is 2.35. The van der Waals surface area contributed by atoms with Gasteiger partial charge in [0, 0.05) is 6.07 Å². The van der Waals surface area contributed by atoms with Crippen molar-refractivity contribution in [3.63, 3.8) is 0 Å². The van der Waals surface area contributed by atoms with Gasteiger partial charge in [0.25, 0.3) is 5.69 Å². The summed E-state index contributed by atoms with van der Waals surface area (Å²) in [5, 5.41) is 19.3. The van der Waals surface area contributed by atoms with Gasteiger partial charge in [-0.2, -0.15) is 0 Å². The summed E-state index contributed by atoms with van der Waals surface area (Å²) in [5.41, 5.74) is 1.54. The first-order valence-electron chi connectivity index (χ1n) is 4.97. The first-order chi connectivity index (χ1) is 8.82. The van der Waals surface area contributed by atoms with Crippen molar-refractivity contribution < 1.29 is 24.5 Å². The minimum Gasteiger partial charge on any atom is -0.477 e. The highest BCUT2D eigenvalue weighted by Gasteiger charge is 2.19. The van der Waals surface area contributed by atoms with Gasteiger partial charge in [-0.15, -0.1) is 0 Å². The Kier molecular flexibility index (Phi) is 4.19. The van der Waals surface area contributed by atoms with Gasteiger partial charge < -0.3 is 9.94 Å². The second-order valence-corrected chi connectivity index (χ2v) is 3.55. The number of anilines is 1. The molecule has 2 N–H and O–H groups in total. The number of carbonyl (C=O) groups is 2. The lowest BCUT2D eigenvalue weighted by Gasteiger charge is -2.07. The van der Waals surface area contributed by atoms with Gasteiger partial charge in [-0.25, -0.2) is 15.1 Å². The molecule has 0 atom stereocenters. The third-order valence-electron chi connectivity index (χ3n) is 2.11. The van der Waals surface area contributed by atoms with Gasteiger partial charge in [-0.3, -0.25) is 10.1 Å². The smallest absolute Gasteiger partial charge is 0.369 e. The molecule has 8 heteroatoms. The summed E-state index contributed by atoms with van der Waals surface area (Å²) in [6.07, 6.45) is 0. The maximum absolute atomic E-state index is 11.2. The number of rotatable bonds is 5. The zero-order valence-corrected chi connectivity index (χ0v) is 9.87. The Balaban J connectivity index is 2.84. The van der Waals surface area contributed by atoms with Crippen LogP contribution in [0.25, 0.3) is 0 Å². The second-order valence-electron chi connectivity index (χ2n) is 3.55. The molecular formula is C11H10N2O6. The lowest BCUT2D eigenvalue weighted by molar-refractivity contribution is -0.384. The summed E-state index contributed by atoms with van der Waals surface area (Å²) in [6, 6.07) is 4.18. The number of hydrogen-bond acceptors (Lipinski definition) is 6. The van der Waals surface area contributed by atoms with Crippen LogP contribution in [0.15, 0.2) is 30.4 Å². The third kappa shape index (κ3) is 3.53. The summed E-state index contributed by atoms with van der Waals surface area (Å²) in [6.45, 7) is 4.65. The molecule has 0 bridgehead atoms. The number of nitro benzene ring substituents is 1. The summed E-state index contributed by atoms with van der Waals surface area (Å²) in [7, 11) is 0. The standard InChI is InChI=1S/C11H10N2O6/c1-6-3-4-8(9(5-6)13(17)18)12-19-11(16)7(2)10(14)15/h3-5,12H,2H2,1H3,(H,14,15). The molecular weight excluding hydrogens is 256 g/mol. The van der Waals surface area contributed by atoms with E-state index in [-0.39, 0.29) is 11.4 Å². The molecule has 0 unspecified atom stereocenters. The van der Waals surface area contributed by atoms with Gasteiger partial charge in [-0.1, -0.05) is 12.6 Å². The highest BCUT2D eigenvalue weighted by Crippen LogP contribution is 2.25. The van der Waals surface area contributed by atoms with Gasteiger partial charge in [0.1, 0.15) is 11.3 Å². The molecule has 0 aliphatic carbocycles. The Morgan fingerprint density at radius 1 is 1.47 bits per heavy atom. The number of nitrogens with one attached hydrogen (secondary N) is 1. The average molecular weight is 266 g/mol. The topological polar surface area (TPSA) is 119 Å².